The number of rotatable bonds is 10. The minimum absolute atomic E-state index is 0.868. The average Bonchev–Trinajstić information content (AvgIpc) is 3.78. The van der Waals surface area contributed by atoms with Gasteiger partial charge < -0.3 is 14.2 Å². The topological polar surface area (TPSA) is 19.6 Å². The van der Waals surface area contributed by atoms with Crippen LogP contribution < -0.4 is 9.80 Å². The third kappa shape index (κ3) is 7.79. The molecule has 0 spiro atoms. The highest BCUT2D eigenvalue weighted by Gasteiger charge is 2.17. The molecule has 0 saturated heterocycles. The number of furan rings is 1. The Kier molecular flexibility index (Phi) is 10.2. The molecule has 11 aromatic carbocycles. The number of para-hydroxylation sites is 3. The molecule has 1 aromatic heterocycles. The zero-order valence-corrected chi connectivity index (χ0v) is 36.7. The second-order valence-electron chi connectivity index (χ2n) is 17.0. The fourth-order valence-corrected chi connectivity index (χ4v) is 9.44. The molecular weight excluding hydrogens is 813 g/mol. The first-order valence-corrected chi connectivity index (χ1v) is 22.8. The van der Waals surface area contributed by atoms with Crippen LogP contribution in [0.2, 0.25) is 0 Å². The summed E-state index contributed by atoms with van der Waals surface area (Å²) >= 11 is 0. The molecule has 0 unspecified atom stereocenters. The van der Waals surface area contributed by atoms with Gasteiger partial charge in [0.05, 0.1) is 0 Å². The van der Waals surface area contributed by atoms with Crippen LogP contribution in [0.3, 0.4) is 0 Å². The molecule has 12 aromatic rings. The van der Waals surface area contributed by atoms with Gasteiger partial charge in [-0.25, -0.2) is 0 Å². The van der Waals surface area contributed by atoms with Gasteiger partial charge in [0.1, 0.15) is 11.2 Å². The highest BCUT2D eigenvalue weighted by Crippen LogP contribution is 2.42. The van der Waals surface area contributed by atoms with Crippen molar-refractivity contribution in [3.8, 4) is 44.5 Å². The lowest BCUT2D eigenvalue weighted by Crippen LogP contribution is -2.09. The van der Waals surface area contributed by atoms with Crippen LogP contribution in [0.1, 0.15) is 0 Å². The molecule has 316 valence electrons. The molecule has 0 atom stereocenters. The molecule has 3 nitrogen and oxygen atoms in total. The number of nitrogens with zero attached hydrogens (tertiary/aromatic N) is 2. The Balaban J connectivity index is 0.926. The molecule has 0 fully saturated rings. The Morgan fingerprint density at radius 3 is 1.18 bits per heavy atom. The van der Waals surface area contributed by atoms with Crippen molar-refractivity contribution in [1.82, 2.24) is 0 Å². The fourth-order valence-electron chi connectivity index (χ4n) is 9.44. The summed E-state index contributed by atoms with van der Waals surface area (Å²) in [5.74, 6) is 0. The maximum atomic E-state index is 6.36. The first-order chi connectivity index (χ1) is 33.2. The highest BCUT2D eigenvalue weighted by molar-refractivity contribution is 6.06. The van der Waals surface area contributed by atoms with Gasteiger partial charge >= 0.3 is 0 Å². The monoisotopic (exact) mass is 856 g/mol. The number of hydrogen-bond acceptors (Lipinski definition) is 3. The van der Waals surface area contributed by atoms with Gasteiger partial charge in [-0.3, -0.25) is 0 Å². The van der Waals surface area contributed by atoms with Crippen LogP contribution in [-0.4, -0.2) is 0 Å². The second-order valence-corrected chi connectivity index (χ2v) is 17.0. The van der Waals surface area contributed by atoms with Gasteiger partial charge in [0.25, 0.3) is 0 Å². The molecule has 67 heavy (non-hydrogen) atoms. The number of fused-ring (bicyclic) bond motifs is 4. The van der Waals surface area contributed by atoms with E-state index in [0.29, 0.717) is 0 Å². The van der Waals surface area contributed by atoms with Gasteiger partial charge in [-0.15, -0.1) is 0 Å². The molecule has 0 aliphatic heterocycles. The summed E-state index contributed by atoms with van der Waals surface area (Å²) in [5.41, 5.74) is 17.6. The normalized spacial score (nSPS) is 11.3. The van der Waals surface area contributed by atoms with Gasteiger partial charge in [-0.2, -0.15) is 0 Å². The van der Waals surface area contributed by atoms with Gasteiger partial charge in [-0.1, -0.05) is 158 Å². The summed E-state index contributed by atoms with van der Waals surface area (Å²) < 4.78 is 6.36. The average molecular weight is 857 g/mol. The van der Waals surface area contributed by atoms with Gasteiger partial charge in [-0.05, 0) is 158 Å². The molecule has 0 bridgehead atoms. The first kappa shape index (κ1) is 39.7. The van der Waals surface area contributed by atoms with Crippen LogP contribution >= 0.6 is 0 Å². The highest BCUT2D eigenvalue weighted by atomic mass is 16.3. The van der Waals surface area contributed by atoms with E-state index in [9.17, 15) is 0 Å². The van der Waals surface area contributed by atoms with Crippen molar-refractivity contribution in [2.45, 2.75) is 0 Å². The summed E-state index contributed by atoms with van der Waals surface area (Å²) in [6.45, 7) is 0. The Morgan fingerprint density at radius 2 is 0.597 bits per heavy atom. The zero-order chi connectivity index (χ0) is 44.5. The summed E-state index contributed by atoms with van der Waals surface area (Å²) in [4.78, 5) is 4.62. The molecule has 0 aliphatic rings. The molecule has 0 amide bonds. The summed E-state index contributed by atoms with van der Waals surface area (Å²) in [5, 5.41) is 4.69. The Morgan fingerprint density at radius 1 is 0.209 bits per heavy atom. The minimum atomic E-state index is 0.868. The first-order valence-electron chi connectivity index (χ1n) is 22.8. The summed E-state index contributed by atoms with van der Waals surface area (Å²) in [7, 11) is 0. The van der Waals surface area contributed by atoms with Crippen LogP contribution in [0, 0.1) is 0 Å². The second kappa shape index (κ2) is 17.2. The zero-order valence-electron chi connectivity index (χ0n) is 36.7. The van der Waals surface area contributed by atoms with Crippen LogP contribution in [0.5, 0.6) is 0 Å². The maximum Gasteiger partial charge on any atom is 0.137 e. The van der Waals surface area contributed by atoms with E-state index in [-0.39, 0.29) is 0 Å². The molecule has 0 aliphatic carbocycles. The minimum Gasteiger partial charge on any atom is -0.456 e. The van der Waals surface area contributed by atoms with Crippen molar-refractivity contribution in [2.75, 3.05) is 9.80 Å². The van der Waals surface area contributed by atoms with Crippen molar-refractivity contribution in [2.24, 2.45) is 0 Å². The summed E-state index contributed by atoms with van der Waals surface area (Å²) in [6.07, 6.45) is 0. The number of benzene rings is 11. The lowest BCUT2D eigenvalue weighted by Gasteiger charge is -2.26. The van der Waals surface area contributed by atoms with Crippen LogP contribution in [0.25, 0.3) is 77.2 Å². The SMILES string of the molecule is c1ccc(-c2ccc(N(c3ccccc3)c3ccc(-c4cc(-c5ccc(N(c6ccccc6)c6ccc7c(c6)oc6ccccc67)cc5)cc(-c5ccc6ccccc6c5)c4)cc3)cc2)cc1. The molecular formula is C64H44N2O. The third-order valence-electron chi connectivity index (χ3n) is 12.8. The fraction of sp³-hybridized carbons (Fsp3) is 0. The number of anilines is 6. The van der Waals surface area contributed by atoms with E-state index in [2.05, 4.69) is 265 Å². The standard InChI is InChI=1S/C64H44N2O/c1-4-14-45(15-5-1)47-26-32-57(33-27-47)65(55-18-6-2-7-19-55)58-34-28-48(29-35-58)52-41-53(43-54(42-52)51-25-24-46-16-10-11-17-50(46)40-51)49-30-36-59(37-31-49)66(56-20-8-3-9-21-56)60-38-39-62-61-22-12-13-23-63(61)67-64(62)44-60/h1-44H. The lowest BCUT2D eigenvalue weighted by molar-refractivity contribution is 0.669. The molecule has 3 heteroatoms. The van der Waals surface area contributed by atoms with Crippen molar-refractivity contribution in [3.05, 3.63) is 267 Å². The summed E-state index contributed by atoms with van der Waals surface area (Å²) in [6, 6.07) is 95.6. The predicted molar refractivity (Wildman–Crippen MR) is 282 cm³/mol. The van der Waals surface area contributed by atoms with E-state index in [1.807, 2.05) is 12.1 Å². The van der Waals surface area contributed by atoms with E-state index >= 15 is 0 Å². The quantitative estimate of drug-likeness (QED) is 0.137. The number of hydrogen-bond donors (Lipinski definition) is 0. The Labute approximate surface area is 390 Å². The largest absolute Gasteiger partial charge is 0.456 e. The molecule has 0 radical (unpaired) electrons. The van der Waals surface area contributed by atoms with Gasteiger partial charge in [0, 0.05) is 51.0 Å². The van der Waals surface area contributed by atoms with E-state index < -0.39 is 0 Å². The molecule has 0 saturated carbocycles. The van der Waals surface area contributed by atoms with Crippen molar-refractivity contribution >= 4 is 66.8 Å². The van der Waals surface area contributed by atoms with E-state index in [1.165, 1.54) is 33.0 Å². The van der Waals surface area contributed by atoms with Crippen LogP contribution in [0.15, 0.2) is 271 Å². The third-order valence-corrected chi connectivity index (χ3v) is 12.8. The molecule has 1 heterocycles. The maximum absolute atomic E-state index is 6.36. The smallest absolute Gasteiger partial charge is 0.137 e. The van der Waals surface area contributed by atoms with Crippen LogP contribution in [0.4, 0.5) is 34.1 Å². The van der Waals surface area contributed by atoms with Gasteiger partial charge in [0.2, 0.25) is 0 Å². The van der Waals surface area contributed by atoms with Crippen LogP contribution in [-0.2, 0) is 0 Å². The Hall–Kier alpha value is -8.92. The van der Waals surface area contributed by atoms with E-state index in [4.69, 9.17) is 4.42 Å². The Bertz CT molecular complexity index is 3660. The van der Waals surface area contributed by atoms with Crippen molar-refractivity contribution in [3.63, 3.8) is 0 Å². The van der Waals surface area contributed by atoms with Crippen molar-refractivity contribution < 1.29 is 4.42 Å². The molecule has 12 rings (SSSR count). The van der Waals surface area contributed by atoms with Crippen molar-refractivity contribution in [1.29, 1.82) is 0 Å². The van der Waals surface area contributed by atoms with E-state index in [1.54, 1.807) is 0 Å². The molecule has 0 N–H and O–H groups in total. The lowest BCUT2D eigenvalue weighted by atomic mass is 9.92. The van der Waals surface area contributed by atoms with E-state index in [0.717, 1.165) is 78.3 Å². The van der Waals surface area contributed by atoms with Gasteiger partial charge in [0.15, 0.2) is 0 Å². The predicted octanol–water partition coefficient (Wildman–Crippen LogP) is 18.3.